The summed E-state index contributed by atoms with van der Waals surface area (Å²) in [5, 5.41) is 11.9. The molecule has 1 N–H and O–H groups in total. The van der Waals surface area contributed by atoms with Crippen LogP contribution in [-0.4, -0.2) is 40.1 Å². The van der Waals surface area contributed by atoms with Crippen LogP contribution in [0.25, 0.3) is 17.1 Å². The molecule has 6 nitrogen and oxygen atoms in total. The van der Waals surface area contributed by atoms with Gasteiger partial charge < -0.3 is 10.1 Å². The highest BCUT2D eigenvalue weighted by molar-refractivity contribution is 7.99. The van der Waals surface area contributed by atoms with Crippen LogP contribution in [0.1, 0.15) is 6.92 Å². The Kier molecular flexibility index (Phi) is 5.91. The van der Waals surface area contributed by atoms with E-state index in [4.69, 9.17) is 4.74 Å². The molecule has 0 aliphatic rings. The van der Waals surface area contributed by atoms with Crippen LogP contribution in [0.4, 0.5) is 0 Å². The minimum Gasteiger partial charge on any atom is -0.494 e. The summed E-state index contributed by atoms with van der Waals surface area (Å²) < 4.78 is 7.48. The fraction of sp³-hybridized carbons (Fsp3) is 0.211. The van der Waals surface area contributed by atoms with Gasteiger partial charge in [-0.2, -0.15) is 0 Å². The molecule has 134 valence electrons. The van der Waals surface area contributed by atoms with Gasteiger partial charge in [-0.25, -0.2) is 0 Å². The van der Waals surface area contributed by atoms with Gasteiger partial charge in [0.05, 0.1) is 12.4 Å². The average molecular weight is 368 g/mol. The molecule has 0 aliphatic carbocycles. The zero-order valence-electron chi connectivity index (χ0n) is 14.7. The van der Waals surface area contributed by atoms with E-state index < -0.39 is 0 Å². The van der Waals surface area contributed by atoms with Crippen molar-refractivity contribution in [2.45, 2.75) is 12.1 Å². The Balaban J connectivity index is 2.01. The highest BCUT2D eigenvalue weighted by Crippen LogP contribution is 2.28. The minimum atomic E-state index is -0.0579. The van der Waals surface area contributed by atoms with Gasteiger partial charge in [0.15, 0.2) is 11.0 Å². The molecule has 26 heavy (non-hydrogen) atoms. The maximum atomic E-state index is 11.6. The summed E-state index contributed by atoms with van der Waals surface area (Å²) in [6.45, 7) is 2.57. The Morgan fingerprint density at radius 1 is 1.12 bits per heavy atom. The van der Waals surface area contributed by atoms with Crippen molar-refractivity contribution in [3.63, 3.8) is 0 Å². The molecule has 7 heteroatoms. The molecule has 1 heterocycles. The predicted octanol–water partition coefficient (Wildman–Crippen LogP) is 3.17. The fourth-order valence-electron chi connectivity index (χ4n) is 2.43. The van der Waals surface area contributed by atoms with Crippen molar-refractivity contribution in [3.8, 4) is 22.8 Å². The number of carbonyl (C=O) groups excluding carboxylic acids is 1. The third kappa shape index (κ3) is 4.05. The van der Waals surface area contributed by atoms with E-state index in [1.54, 1.807) is 7.05 Å². The molecule has 0 saturated carbocycles. The SMILES string of the molecule is CCOc1ccc(-n2c(SCC(=O)NC)nnc2-c2ccccc2)cc1. The third-order valence-corrected chi connectivity index (χ3v) is 4.61. The highest BCUT2D eigenvalue weighted by atomic mass is 32.2. The van der Waals surface area contributed by atoms with Gasteiger partial charge in [-0.1, -0.05) is 42.1 Å². The molecular formula is C19H20N4O2S. The molecule has 0 radical (unpaired) electrons. The van der Waals surface area contributed by atoms with Gasteiger partial charge in [-0.3, -0.25) is 9.36 Å². The Hall–Kier alpha value is -2.80. The van der Waals surface area contributed by atoms with Gasteiger partial charge in [0.25, 0.3) is 0 Å². The van der Waals surface area contributed by atoms with Crippen LogP contribution in [-0.2, 0) is 4.79 Å². The lowest BCUT2D eigenvalue weighted by Gasteiger charge is -2.11. The average Bonchev–Trinajstić information content (AvgIpc) is 3.11. The van der Waals surface area contributed by atoms with Gasteiger partial charge in [0.1, 0.15) is 5.75 Å². The topological polar surface area (TPSA) is 69.0 Å². The van der Waals surface area contributed by atoms with E-state index >= 15 is 0 Å². The second-order valence-electron chi connectivity index (χ2n) is 5.40. The minimum absolute atomic E-state index is 0.0579. The summed E-state index contributed by atoms with van der Waals surface area (Å²) in [5.41, 5.74) is 1.87. The van der Waals surface area contributed by atoms with Gasteiger partial charge in [0.2, 0.25) is 5.91 Å². The molecule has 0 spiro atoms. The van der Waals surface area contributed by atoms with E-state index in [1.165, 1.54) is 11.8 Å². The molecule has 3 rings (SSSR count). The van der Waals surface area contributed by atoms with E-state index in [-0.39, 0.29) is 11.7 Å². The van der Waals surface area contributed by atoms with Crippen LogP contribution in [0, 0.1) is 0 Å². The summed E-state index contributed by atoms with van der Waals surface area (Å²) in [5.74, 6) is 1.76. The lowest BCUT2D eigenvalue weighted by Crippen LogP contribution is -2.20. The van der Waals surface area contributed by atoms with Crippen molar-refractivity contribution >= 4 is 17.7 Å². The monoisotopic (exact) mass is 368 g/mol. The Morgan fingerprint density at radius 3 is 2.50 bits per heavy atom. The number of nitrogens with zero attached hydrogens (tertiary/aromatic N) is 3. The number of ether oxygens (including phenoxy) is 1. The summed E-state index contributed by atoms with van der Waals surface area (Å²) >= 11 is 1.35. The molecule has 1 amide bonds. The largest absolute Gasteiger partial charge is 0.494 e. The van der Waals surface area contributed by atoms with Crippen molar-refractivity contribution in [2.75, 3.05) is 19.4 Å². The maximum Gasteiger partial charge on any atom is 0.230 e. The van der Waals surface area contributed by atoms with Crippen molar-refractivity contribution in [2.24, 2.45) is 0 Å². The first-order valence-corrected chi connectivity index (χ1v) is 9.29. The van der Waals surface area contributed by atoms with Crippen LogP contribution in [0.15, 0.2) is 59.8 Å². The zero-order valence-corrected chi connectivity index (χ0v) is 15.5. The van der Waals surface area contributed by atoms with Gasteiger partial charge >= 0.3 is 0 Å². The van der Waals surface area contributed by atoms with Crippen LogP contribution in [0.5, 0.6) is 5.75 Å². The normalized spacial score (nSPS) is 10.5. The number of aromatic nitrogens is 3. The second kappa shape index (κ2) is 8.53. The van der Waals surface area contributed by atoms with Crippen LogP contribution in [0.3, 0.4) is 0 Å². The van der Waals surface area contributed by atoms with E-state index in [2.05, 4.69) is 15.5 Å². The van der Waals surface area contributed by atoms with E-state index in [1.807, 2.05) is 66.1 Å². The van der Waals surface area contributed by atoms with Crippen LogP contribution >= 0.6 is 11.8 Å². The Morgan fingerprint density at radius 2 is 1.85 bits per heavy atom. The van der Waals surface area contributed by atoms with E-state index in [9.17, 15) is 4.79 Å². The Bertz CT molecular complexity index is 863. The smallest absolute Gasteiger partial charge is 0.230 e. The molecule has 3 aromatic rings. The molecule has 0 saturated heterocycles. The number of carbonyl (C=O) groups is 1. The quantitative estimate of drug-likeness (QED) is 0.649. The summed E-state index contributed by atoms with van der Waals surface area (Å²) in [6, 6.07) is 17.6. The molecule has 0 unspecified atom stereocenters. The molecule has 0 bridgehead atoms. The number of thioether (sulfide) groups is 1. The highest BCUT2D eigenvalue weighted by Gasteiger charge is 2.17. The van der Waals surface area contributed by atoms with Crippen LogP contribution < -0.4 is 10.1 Å². The standard InChI is InChI=1S/C19H20N4O2S/c1-3-25-16-11-9-15(10-12-16)23-18(14-7-5-4-6-8-14)21-22-19(23)26-13-17(24)20-2/h4-12H,3,13H2,1-2H3,(H,20,24). The lowest BCUT2D eigenvalue weighted by atomic mass is 10.2. The van der Waals surface area contributed by atoms with Crippen molar-refractivity contribution in [1.29, 1.82) is 0 Å². The molecular weight excluding hydrogens is 348 g/mol. The lowest BCUT2D eigenvalue weighted by molar-refractivity contribution is -0.118. The van der Waals surface area contributed by atoms with Gasteiger partial charge in [0, 0.05) is 18.3 Å². The summed E-state index contributed by atoms with van der Waals surface area (Å²) in [6.07, 6.45) is 0. The van der Waals surface area contributed by atoms with Gasteiger partial charge in [-0.05, 0) is 31.2 Å². The van der Waals surface area contributed by atoms with Gasteiger partial charge in [-0.15, -0.1) is 10.2 Å². The van der Waals surface area contributed by atoms with Crippen molar-refractivity contribution < 1.29 is 9.53 Å². The second-order valence-corrected chi connectivity index (χ2v) is 6.34. The first kappa shape index (κ1) is 18.0. The first-order valence-electron chi connectivity index (χ1n) is 8.30. The van der Waals surface area contributed by atoms with Crippen molar-refractivity contribution in [3.05, 3.63) is 54.6 Å². The third-order valence-electron chi connectivity index (χ3n) is 3.68. The molecule has 0 fully saturated rings. The molecule has 1 aromatic heterocycles. The Labute approximate surface area is 156 Å². The number of amides is 1. The number of nitrogens with one attached hydrogen (secondary N) is 1. The number of hydrogen-bond donors (Lipinski definition) is 1. The zero-order chi connectivity index (χ0) is 18.4. The fourth-order valence-corrected chi connectivity index (χ4v) is 3.25. The number of hydrogen-bond acceptors (Lipinski definition) is 5. The van der Waals surface area contributed by atoms with Crippen LogP contribution in [0.2, 0.25) is 0 Å². The maximum absolute atomic E-state index is 11.6. The first-order chi connectivity index (χ1) is 12.7. The molecule has 2 aromatic carbocycles. The van der Waals surface area contributed by atoms with E-state index in [0.717, 1.165) is 22.8 Å². The summed E-state index contributed by atoms with van der Waals surface area (Å²) in [7, 11) is 1.62. The van der Waals surface area contributed by atoms with Crippen molar-refractivity contribution in [1.82, 2.24) is 20.1 Å². The number of benzene rings is 2. The number of rotatable bonds is 7. The molecule has 0 atom stereocenters. The summed E-state index contributed by atoms with van der Waals surface area (Å²) in [4.78, 5) is 11.6. The van der Waals surface area contributed by atoms with E-state index in [0.29, 0.717) is 11.8 Å². The molecule has 0 aliphatic heterocycles. The predicted molar refractivity (Wildman–Crippen MR) is 103 cm³/mol.